The quantitative estimate of drug-likeness (QED) is 0.783. The molecule has 4 rings (SSSR count). The van der Waals surface area contributed by atoms with Crippen LogP contribution in [0.1, 0.15) is 44.0 Å². The number of benzene rings is 1. The number of carbonyl (C=O) groups excluding carboxylic acids is 3. The van der Waals surface area contributed by atoms with Gasteiger partial charge in [0, 0.05) is 31.6 Å². The normalized spacial score (nSPS) is 24.6. The van der Waals surface area contributed by atoms with Crippen LogP contribution < -0.4 is 10.2 Å². The molecule has 3 heterocycles. The number of rotatable bonds is 5. The van der Waals surface area contributed by atoms with Crippen LogP contribution in [0.5, 0.6) is 0 Å². The van der Waals surface area contributed by atoms with Gasteiger partial charge in [0.15, 0.2) is 0 Å². The van der Waals surface area contributed by atoms with Crippen LogP contribution in [0.3, 0.4) is 0 Å². The Morgan fingerprint density at radius 3 is 2.63 bits per heavy atom. The Bertz CT molecular complexity index is 864. The molecule has 0 bridgehead atoms. The van der Waals surface area contributed by atoms with Gasteiger partial charge in [-0.3, -0.25) is 24.2 Å². The number of amides is 3. The molecule has 3 amide bonds. The minimum Gasteiger partial charge on any atom is -0.379 e. The van der Waals surface area contributed by atoms with E-state index >= 15 is 0 Å². The number of hydrogen-bond donors (Lipinski definition) is 1. The molecule has 1 aromatic rings. The lowest BCUT2D eigenvalue weighted by Crippen LogP contribution is -2.64. The average Bonchev–Trinajstić information content (AvgIpc) is 3.06. The second-order valence-electron chi connectivity index (χ2n) is 9.04. The van der Waals surface area contributed by atoms with E-state index in [1.54, 1.807) is 28.0 Å². The zero-order chi connectivity index (χ0) is 21.5. The highest BCUT2D eigenvalue weighted by atomic mass is 16.5. The van der Waals surface area contributed by atoms with Gasteiger partial charge in [-0.15, -0.1) is 0 Å². The van der Waals surface area contributed by atoms with Gasteiger partial charge < -0.3 is 15.0 Å². The molecule has 1 N–H and O–H groups in total. The summed E-state index contributed by atoms with van der Waals surface area (Å²) in [5.41, 5.74) is 0.0702. The second-order valence-corrected chi connectivity index (χ2v) is 9.04. The Labute approximate surface area is 177 Å². The van der Waals surface area contributed by atoms with Gasteiger partial charge in [-0.05, 0) is 39.3 Å². The van der Waals surface area contributed by atoms with Crippen molar-refractivity contribution >= 4 is 23.4 Å². The molecule has 162 valence electrons. The summed E-state index contributed by atoms with van der Waals surface area (Å²) in [5, 5.41) is 3.00. The van der Waals surface area contributed by atoms with Crippen molar-refractivity contribution in [3.05, 3.63) is 29.8 Å². The number of nitrogens with one attached hydrogen (secondary N) is 1. The van der Waals surface area contributed by atoms with Crippen molar-refractivity contribution < 1.29 is 19.1 Å². The van der Waals surface area contributed by atoms with Crippen LogP contribution in [-0.4, -0.2) is 78.1 Å². The summed E-state index contributed by atoms with van der Waals surface area (Å²) in [7, 11) is 0. The molecule has 0 aliphatic carbocycles. The smallest absolute Gasteiger partial charge is 0.258 e. The van der Waals surface area contributed by atoms with E-state index in [9.17, 15) is 14.4 Å². The van der Waals surface area contributed by atoms with Crippen LogP contribution in [0.2, 0.25) is 0 Å². The average molecular weight is 415 g/mol. The maximum atomic E-state index is 13.2. The number of morpholine rings is 1. The van der Waals surface area contributed by atoms with Gasteiger partial charge in [0.2, 0.25) is 11.8 Å². The van der Waals surface area contributed by atoms with E-state index in [2.05, 4.69) is 24.1 Å². The fourth-order valence-electron chi connectivity index (χ4n) is 4.74. The molecule has 1 unspecified atom stereocenters. The van der Waals surface area contributed by atoms with Gasteiger partial charge in [-0.25, -0.2) is 0 Å². The molecular weight excluding hydrogens is 384 g/mol. The molecule has 3 aliphatic heterocycles. The van der Waals surface area contributed by atoms with E-state index in [1.807, 2.05) is 13.0 Å². The fraction of sp³-hybridized carbons (Fsp3) is 0.591. The number of para-hydroxylation sites is 1. The Hall–Kier alpha value is -2.45. The lowest BCUT2D eigenvalue weighted by atomic mass is 9.98. The van der Waals surface area contributed by atoms with Gasteiger partial charge in [0.1, 0.15) is 12.2 Å². The number of fused-ring (bicyclic) bond motifs is 3. The lowest BCUT2D eigenvalue weighted by molar-refractivity contribution is -0.124. The maximum absolute atomic E-state index is 13.2. The Kier molecular flexibility index (Phi) is 5.32. The summed E-state index contributed by atoms with van der Waals surface area (Å²) in [5.74, 6) is -0.442. The van der Waals surface area contributed by atoms with Crippen LogP contribution in [0, 0.1) is 0 Å². The predicted molar refractivity (Wildman–Crippen MR) is 112 cm³/mol. The van der Waals surface area contributed by atoms with Crippen LogP contribution in [-0.2, 0) is 14.3 Å². The first-order chi connectivity index (χ1) is 14.2. The topological polar surface area (TPSA) is 82.2 Å². The van der Waals surface area contributed by atoms with Gasteiger partial charge in [-0.2, -0.15) is 0 Å². The van der Waals surface area contributed by atoms with E-state index in [4.69, 9.17) is 4.74 Å². The van der Waals surface area contributed by atoms with Gasteiger partial charge in [0.25, 0.3) is 5.91 Å². The molecular formula is C22H30N4O4. The number of ether oxygens (including phenoxy) is 1. The zero-order valence-electron chi connectivity index (χ0n) is 17.9. The lowest BCUT2D eigenvalue weighted by Gasteiger charge is -2.48. The van der Waals surface area contributed by atoms with Crippen LogP contribution >= 0.6 is 0 Å². The molecule has 2 fully saturated rings. The van der Waals surface area contributed by atoms with Crippen molar-refractivity contribution in [1.29, 1.82) is 0 Å². The fourth-order valence-corrected chi connectivity index (χ4v) is 4.74. The molecule has 1 aromatic carbocycles. The summed E-state index contributed by atoms with van der Waals surface area (Å²) in [4.78, 5) is 44.3. The standard InChI is InChI=1S/C22H30N4O4/c1-21(2,24-10-12-30-13-11-24)15-23-18(27)14-25-20(29)16-6-4-5-7-17(16)26-19(28)8-9-22(25,26)3/h4-7H,8-15H2,1-3H3,(H,23,27). The third-order valence-electron chi connectivity index (χ3n) is 6.63. The van der Waals surface area contributed by atoms with Crippen molar-refractivity contribution in [3.63, 3.8) is 0 Å². The summed E-state index contributed by atoms with van der Waals surface area (Å²) < 4.78 is 5.42. The Balaban J connectivity index is 1.49. The highest BCUT2D eigenvalue weighted by Gasteiger charge is 2.53. The molecule has 3 aliphatic rings. The van der Waals surface area contributed by atoms with Crippen molar-refractivity contribution in [3.8, 4) is 0 Å². The molecule has 0 spiro atoms. The zero-order valence-corrected chi connectivity index (χ0v) is 17.9. The molecule has 0 radical (unpaired) electrons. The molecule has 0 aromatic heterocycles. The minimum atomic E-state index is -0.820. The van der Waals surface area contributed by atoms with Crippen molar-refractivity contribution in [2.24, 2.45) is 0 Å². The Morgan fingerprint density at radius 2 is 1.90 bits per heavy atom. The van der Waals surface area contributed by atoms with E-state index in [0.717, 1.165) is 13.1 Å². The number of carbonyl (C=O) groups is 3. The first kappa shape index (κ1) is 20.8. The summed E-state index contributed by atoms with van der Waals surface area (Å²) in [6.45, 7) is 9.52. The monoisotopic (exact) mass is 414 g/mol. The molecule has 1 atom stereocenters. The molecule has 0 saturated carbocycles. The highest BCUT2D eigenvalue weighted by Crippen LogP contribution is 2.43. The SMILES string of the molecule is CC(C)(CNC(=O)CN1C(=O)c2ccccc2N2C(=O)CCC12C)N1CCOCC1. The summed E-state index contributed by atoms with van der Waals surface area (Å²) in [6, 6.07) is 7.13. The predicted octanol–water partition coefficient (Wildman–Crippen LogP) is 1.21. The Morgan fingerprint density at radius 1 is 1.20 bits per heavy atom. The minimum absolute atomic E-state index is 0.0173. The van der Waals surface area contributed by atoms with E-state index in [1.165, 1.54) is 0 Å². The van der Waals surface area contributed by atoms with Crippen LogP contribution in [0.15, 0.2) is 24.3 Å². The van der Waals surface area contributed by atoms with Crippen molar-refractivity contribution in [2.45, 2.75) is 44.8 Å². The number of anilines is 1. The molecule has 8 heteroatoms. The van der Waals surface area contributed by atoms with Gasteiger partial charge >= 0.3 is 0 Å². The first-order valence-corrected chi connectivity index (χ1v) is 10.6. The largest absolute Gasteiger partial charge is 0.379 e. The van der Waals surface area contributed by atoms with Crippen molar-refractivity contribution in [2.75, 3.05) is 44.3 Å². The van der Waals surface area contributed by atoms with E-state index in [-0.39, 0.29) is 29.8 Å². The molecule has 8 nitrogen and oxygen atoms in total. The van der Waals surface area contributed by atoms with Crippen LogP contribution in [0.25, 0.3) is 0 Å². The third kappa shape index (κ3) is 3.48. The van der Waals surface area contributed by atoms with Gasteiger partial charge in [0.05, 0.1) is 24.5 Å². The van der Waals surface area contributed by atoms with Crippen molar-refractivity contribution in [1.82, 2.24) is 15.1 Å². The number of hydrogen-bond acceptors (Lipinski definition) is 5. The van der Waals surface area contributed by atoms with E-state index in [0.29, 0.717) is 43.9 Å². The summed E-state index contributed by atoms with van der Waals surface area (Å²) in [6.07, 6.45) is 0.874. The second kappa shape index (κ2) is 7.67. The van der Waals surface area contributed by atoms with Gasteiger partial charge in [-0.1, -0.05) is 12.1 Å². The first-order valence-electron chi connectivity index (χ1n) is 10.6. The maximum Gasteiger partial charge on any atom is 0.258 e. The van der Waals surface area contributed by atoms with E-state index < -0.39 is 5.66 Å². The summed E-state index contributed by atoms with van der Waals surface area (Å²) >= 11 is 0. The number of nitrogens with zero attached hydrogens (tertiary/aromatic N) is 3. The highest BCUT2D eigenvalue weighted by molar-refractivity contribution is 6.11. The third-order valence-corrected chi connectivity index (χ3v) is 6.63. The molecule has 2 saturated heterocycles. The molecule has 30 heavy (non-hydrogen) atoms. The van der Waals surface area contributed by atoms with Crippen LogP contribution in [0.4, 0.5) is 5.69 Å².